The Balaban J connectivity index is 1.31. The molecule has 0 spiro atoms. The maximum atomic E-state index is 12.1. The number of rotatable bonds is 5. The average Bonchev–Trinajstić information content (AvgIpc) is 3.37. The third-order valence-electron chi connectivity index (χ3n) is 4.00. The summed E-state index contributed by atoms with van der Waals surface area (Å²) in [5.74, 6) is 0.191. The van der Waals surface area contributed by atoms with Crippen LogP contribution in [0.25, 0.3) is 5.69 Å². The number of carbonyl (C=O) groups excluding carboxylic acids is 2. The van der Waals surface area contributed by atoms with E-state index < -0.39 is 11.9 Å². The lowest BCUT2D eigenvalue weighted by Crippen LogP contribution is -2.20. The van der Waals surface area contributed by atoms with Crippen LogP contribution >= 0.6 is 0 Å². The Morgan fingerprint density at radius 1 is 1.00 bits per heavy atom. The van der Waals surface area contributed by atoms with Gasteiger partial charge in [-0.05, 0) is 48.5 Å². The molecule has 1 N–H and O–H groups in total. The fourth-order valence-corrected chi connectivity index (χ4v) is 2.66. The van der Waals surface area contributed by atoms with Crippen molar-refractivity contribution in [3.05, 3.63) is 72.6 Å². The average molecular weight is 364 g/mol. The lowest BCUT2D eigenvalue weighted by atomic mass is 10.2. The molecule has 0 unspecified atom stereocenters. The van der Waals surface area contributed by atoms with Crippen molar-refractivity contribution in [3.8, 4) is 17.2 Å². The molecule has 136 valence electrons. The van der Waals surface area contributed by atoms with Crippen LogP contribution in [0.15, 0.2) is 67.0 Å². The zero-order valence-electron chi connectivity index (χ0n) is 14.3. The first kappa shape index (κ1) is 16.7. The van der Waals surface area contributed by atoms with Crippen molar-refractivity contribution in [1.29, 1.82) is 0 Å². The Hall–Kier alpha value is -3.74. The molecule has 1 aliphatic rings. The Morgan fingerprint density at radius 2 is 1.74 bits per heavy atom. The van der Waals surface area contributed by atoms with E-state index >= 15 is 0 Å². The molecule has 0 aliphatic carbocycles. The van der Waals surface area contributed by atoms with E-state index in [2.05, 4.69) is 5.32 Å². The second-order valence-corrected chi connectivity index (χ2v) is 5.83. The van der Waals surface area contributed by atoms with E-state index in [-0.39, 0.29) is 13.4 Å². The molecule has 2 heterocycles. The number of anilines is 1. The molecule has 7 heteroatoms. The van der Waals surface area contributed by atoms with Crippen molar-refractivity contribution >= 4 is 17.6 Å². The van der Waals surface area contributed by atoms with Crippen molar-refractivity contribution in [2.75, 3.05) is 18.7 Å². The van der Waals surface area contributed by atoms with Gasteiger partial charge in [-0.25, -0.2) is 4.79 Å². The van der Waals surface area contributed by atoms with E-state index in [1.807, 2.05) is 41.2 Å². The lowest BCUT2D eigenvalue weighted by molar-refractivity contribution is -0.119. The molecule has 3 aromatic rings. The molecule has 0 radical (unpaired) electrons. The maximum Gasteiger partial charge on any atom is 0.338 e. The molecule has 4 rings (SSSR count). The summed E-state index contributed by atoms with van der Waals surface area (Å²) < 4.78 is 17.5. The highest BCUT2D eigenvalue weighted by molar-refractivity contribution is 5.95. The molecule has 27 heavy (non-hydrogen) atoms. The summed E-state index contributed by atoms with van der Waals surface area (Å²) >= 11 is 0. The molecule has 7 nitrogen and oxygen atoms in total. The van der Waals surface area contributed by atoms with Crippen molar-refractivity contribution in [2.45, 2.75) is 0 Å². The van der Waals surface area contributed by atoms with Crippen LogP contribution in [-0.2, 0) is 9.53 Å². The van der Waals surface area contributed by atoms with E-state index in [1.54, 1.807) is 30.3 Å². The smallest absolute Gasteiger partial charge is 0.338 e. The second-order valence-electron chi connectivity index (χ2n) is 5.83. The highest BCUT2D eigenvalue weighted by Crippen LogP contribution is 2.34. The summed E-state index contributed by atoms with van der Waals surface area (Å²) in [5, 5.41) is 2.65. The van der Waals surface area contributed by atoms with Crippen LogP contribution in [0.3, 0.4) is 0 Å². The Kier molecular flexibility index (Phi) is 4.49. The number of esters is 1. The fraction of sp³-hybridized carbons (Fsp3) is 0.100. The van der Waals surface area contributed by atoms with Crippen LogP contribution in [0.5, 0.6) is 11.5 Å². The number of ether oxygens (including phenoxy) is 3. The minimum atomic E-state index is -0.560. The van der Waals surface area contributed by atoms with Crippen LogP contribution in [0.2, 0.25) is 0 Å². The number of benzene rings is 2. The molecule has 1 aliphatic heterocycles. The third-order valence-corrected chi connectivity index (χ3v) is 4.00. The molecular weight excluding hydrogens is 348 g/mol. The summed E-state index contributed by atoms with van der Waals surface area (Å²) in [7, 11) is 0. The topological polar surface area (TPSA) is 78.8 Å². The van der Waals surface area contributed by atoms with E-state index in [0.29, 0.717) is 22.7 Å². The fourth-order valence-electron chi connectivity index (χ4n) is 2.66. The SMILES string of the molecule is O=C(COC(=O)c1ccc(-n2cccc2)cc1)Nc1ccc2c(c1)OCO2. The van der Waals surface area contributed by atoms with E-state index in [4.69, 9.17) is 14.2 Å². The number of fused-ring (bicyclic) bond motifs is 1. The first-order chi connectivity index (χ1) is 13.2. The predicted molar refractivity (Wildman–Crippen MR) is 97.2 cm³/mol. The zero-order valence-corrected chi connectivity index (χ0v) is 14.3. The normalized spacial score (nSPS) is 11.9. The van der Waals surface area contributed by atoms with E-state index in [1.165, 1.54) is 0 Å². The van der Waals surface area contributed by atoms with E-state index in [0.717, 1.165) is 5.69 Å². The number of carbonyl (C=O) groups is 2. The van der Waals surface area contributed by atoms with Crippen LogP contribution < -0.4 is 14.8 Å². The summed E-state index contributed by atoms with van der Waals surface area (Å²) in [5.41, 5.74) is 1.84. The number of aromatic nitrogens is 1. The molecule has 1 aromatic heterocycles. The Labute approximate surface area is 155 Å². The molecule has 0 saturated heterocycles. The Morgan fingerprint density at radius 3 is 2.52 bits per heavy atom. The van der Waals surface area contributed by atoms with Crippen molar-refractivity contribution in [1.82, 2.24) is 4.57 Å². The van der Waals surface area contributed by atoms with Gasteiger partial charge in [0.15, 0.2) is 18.1 Å². The molecule has 1 amide bonds. The number of hydrogen-bond acceptors (Lipinski definition) is 5. The molecule has 0 atom stereocenters. The van der Waals surface area contributed by atoms with Crippen molar-refractivity contribution in [3.63, 3.8) is 0 Å². The quantitative estimate of drug-likeness (QED) is 0.704. The summed E-state index contributed by atoms with van der Waals surface area (Å²) in [6.07, 6.45) is 3.82. The van der Waals surface area contributed by atoms with Gasteiger partial charge in [0.25, 0.3) is 5.91 Å². The van der Waals surface area contributed by atoms with Gasteiger partial charge < -0.3 is 24.1 Å². The molecule has 0 saturated carbocycles. The van der Waals surface area contributed by atoms with Crippen LogP contribution in [0.1, 0.15) is 10.4 Å². The maximum absolute atomic E-state index is 12.1. The molecular formula is C20H16N2O5. The summed E-state index contributed by atoms with van der Waals surface area (Å²) in [6.45, 7) is -0.222. The molecule has 0 bridgehead atoms. The number of amides is 1. The lowest BCUT2D eigenvalue weighted by Gasteiger charge is -2.08. The van der Waals surface area contributed by atoms with Crippen LogP contribution in [0.4, 0.5) is 5.69 Å². The van der Waals surface area contributed by atoms with Gasteiger partial charge in [-0.15, -0.1) is 0 Å². The number of nitrogens with one attached hydrogen (secondary N) is 1. The van der Waals surface area contributed by atoms with Gasteiger partial charge in [0.2, 0.25) is 6.79 Å². The largest absolute Gasteiger partial charge is 0.454 e. The van der Waals surface area contributed by atoms with E-state index in [9.17, 15) is 9.59 Å². The number of nitrogens with zero attached hydrogens (tertiary/aromatic N) is 1. The minimum absolute atomic E-state index is 0.160. The van der Waals surface area contributed by atoms with Crippen molar-refractivity contribution < 1.29 is 23.8 Å². The van der Waals surface area contributed by atoms with Crippen LogP contribution in [-0.4, -0.2) is 29.8 Å². The third kappa shape index (κ3) is 3.77. The highest BCUT2D eigenvalue weighted by Gasteiger charge is 2.15. The van der Waals surface area contributed by atoms with Crippen LogP contribution in [0, 0.1) is 0 Å². The second kappa shape index (κ2) is 7.25. The van der Waals surface area contributed by atoms with Gasteiger partial charge in [-0.2, -0.15) is 0 Å². The van der Waals surface area contributed by atoms with Gasteiger partial charge in [-0.1, -0.05) is 0 Å². The number of hydrogen-bond donors (Lipinski definition) is 1. The first-order valence-corrected chi connectivity index (χ1v) is 8.29. The Bertz CT molecular complexity index is 965. The van der Waals surface area contributed by atoms with Gasteiger partial charge >= 0.3 is 5.97 Å². The van der Waals surface area contributed by atoms with Crippen molar-refractivity contribution in [2.24, 2.45) is 0 Å². The summed E-state index contributed by atoms with van der Waals surface area (Å²) in [4.78, 5) is 24.1. The molecule has 0 fully saturated rings. The predicted octanol–water partition coefficient (Wildman–Crippen LogP) is 3.00. The van der Waals surface area contributed by atoms with Gasteiger partial charge in [0.05, 0.1) is 5.56 Å². The first-order valence-electron chi connectivity index (χ1n) is 8.29. The zero-order chi connectivity index (χ0) is 18.6. The van der Waals surface area contributed by atoms with Gasteiger partial charge in [0.1, 0.15) is 0 Å². The highest BCUT2D eigenvalue weighted by atomic mass is 16.7. The minimum Gasteiger partial charge on any atom is -0.454 e. The summed E-state index contributed by atoms with van der Waals surface area (Å²) in [6, 6.07) is 15.8. The molecule has 2 aromatic carbocycles. The van der Waals surface area contributed by atoms with Gasteiger partial charge in [0, 0.05) is 29.8 Å². The standard InChI is InChI=1S/C20H16N2O5/c23-19(21-15-5-8-17-18(11-15)27-13-26-17)12-25-20(24)14-3-6-16(7-4-14)22-9-1-2-10-22/h1-11H,12-13H2,(H,21,23). The monoisotopic (exact) mass is 364 g/mol. The van der Waals surface area contributed by atoms with Gasteiger partial charge in [-0.3, -0.25) is 4.79 Å².